The second-order valence-electron chi connectivity index (χ2n) is 5.32. The van der Waals surface area contributed by atoms with Gasteiger partial charge in [0.05, 0.1) is 5.52 Å². The Balaban J connectivity index is 1.83. The van der Waals surface area contributed by atoms with E-state index in [1.807, 2.05) is 6.07 Å². The maximum Gasteiger partial charge on any atom is 0.231 e. The SMILES string of the molecule is O=C(C1CC1)N1CCc2cc3ccc(F)cc3nc21. The number of amides is 1. The summed E-state index contributed by atoms with van der Waals surface area (Å²) in [6.07, 6.45) is 2.83. The highest BCUT2D eigenvalue weighted by atomic mass is 19.1. The van der Waals surface area contributed by atoms with E-state index < -0.39 is 0 Å². The Morgan fingerprint density at radius 2 is 2.16 bits per heavy atom. The zero-order valence-corrected chi connectivity index (χ0v) is 10.4. The monoisotopic (exact) mass is 256 g/mol. The first-order valence-electron chi connectivity index (χ1n) is 6.63. The van der Waals surface area contributed by atoms with Gasteiger partial charge in [-0.25, -0.2) is 9.37 Å². The number of carbonyl (C=O) groups excluding carboxylic acids is 1. The van der Waals surface area contributed by atoms with Gasteiger partial charge in [0.1, 0.15) is 11.6 Å². The van der Waals surface area contributed by atoms with Crippen molar-refractivity contribution in [3.05, 3.63) is 35.6 Å². The van der Waals surface area contributed by atoms with Crippen molar-refractivity contribution in [2.24, 2.45) is 5.92 Å². The maximum atomic E-state index is 13.3. The summed E-state index contributed by atoms with van der Waals surface area (Å²) in [4.78, 5) is 18.5. The minimum absolute atomic E-state index is 0.182. The van der Waals surface area contributed by atoms with E-state index in [1.54, 1.807) is 11.0 Å². The summed E-state index contributed by atoms with van der Waals surface area (Å²) in [5, 5.41) is 0.931. The lowest BCUT2D eigenvalue weighted by molar-refractivity contribution is -0.119. The molecule has 2 aliphatic rings. The van der Waals surface area contributed by atoms with Crippen LogP contribution < -0.4 is 4.90 Å². The van der Waals surface area contributed by atoms with Crippen LogP contribution >= 0.6 is 0 Å². The summed E-state index contributed by atoms with van der Waals surface area (Å²) in [7, 11) is 0. The highest BCUT2D eigenvalue weighted by molar-refractivity contribution is 5.98. The summed E-state index contributed by atoms with van der Waals surface area (Å²) in [6.45, 7) is 0.705. The molecule has 4 heteroatoms. The number of carbonyl (C=O) groups is 1. The highest BCUT2D eigenvalue weighted by Crippen LogP contribution is 2.36. The summed E-state index contributed by atoms with van der Waals surface area (Å²) >= 11 is 0. The summed E-state index contributed by atoms with van der Waals surface area (Å²) in [6, 6.07) is 6.63. The number of hydrogen-bond acceptors (Lipinski definition) is 2. The molecule has 0 atom stereocenters. The minimum Gasteiger partial charge on any atom is -0.296 e. The molecule has 2 heterocycles. The van der Waals surface area contributed by atoms with Crippen LogP contribution in [0.4, 0.5) is 10.2 Å². The molecule has 1 fully saturated rings. The number of anilines is 1. The molecule has 4 rings (SSSR count). The van der Waals surface area contributed by atoms with E-state index >= 15 is 0 Å². The molecule has 0 unspecified atom stereocenters. The minimum atomic E-state index is -0.294. The fraction of sp³-hybridized carbons (Fsp3) is 0.333. The van der Waals surface area contributed by atoms with Crippen LogP contribution in [0.25, 0.3) is 10.9 Å². The third-order valence-electron chi connectivity index (χ3n) is 3.89. The summed E-state index contributed by atoms with van der Waals surface area (Å²) in [5.74, 6) is 0.811. The van der Waals surface area contributed by atoms with Crippen LogP contribution in [0.2, 0.25) is 0 Å². The van der Waals surface area contributed by atoms with Gasteiger partial charge in [-0.1, -0.05) is 0 Å². The number of benzene rings is 1. The third kappa shape index (κ3) is 1.70. The van der Waals surface area contributed by atoms with Crippen LogP contribution in [0.5, 0.6) is 0 Å². The standard InChI is InChI=1S/C15H13FN2O/c16-12-4-3-10-7-11-5-6-18(15(19)9-1-2-9)14(11)17-13(10)8-12/h3-4,7-9H,1-2,5-6H2. The number of rotatable bonds is 1. The van der Waals surface area contributed by atoms with Crippen molar-refractivity contribution < 1.29 is 9.18 Å². The van der Waals surface area contributed by atoms with Crippen molar-refractivity contribution in [1.82, 2.24) is 4.98 Å². The first kappa shape index (κ1) is 10.9. The van der Waals surface area contributed by atoms with Crippen LogP contribution in [-0.4, -0.2) is 17.4 Å². The lowest BCUT2D eigenvalue weighted by atomic mass is 10.1. The normalized spacial score (nSPS) is 17.8. The molecule has 19 heavy (non-hydrogen) atoms. The van der Waals surface area contributed by atoms with Gasteiger partial charge in [-0.2, -0.15) is 0 Å². The molecule has 0 bridgehead atoms. The molecule has 1 saturated carbocycles. The van der Waals surface area contributed by atoms with E-state index in [1.165, 1.54) is 12.1 Å². The first-order chi connectivity index (χ1) is 9.22. The number of fused-ring (bicyclic) bond motifs is 2. The Morgan fingerprint density at radius 3 is 2.95 bits per heavy atom. The zero-order chi connectivity index (χ0) is 13.0. The molecule has 0 radical (unpaired) electrons. The van der Waals surface area contributed by atoms with E-state index in [-0.39, 0.29) is 17.6 Å². The van der Waals surface area contributed by atoms with Gasteiger partial charge in [-0.3, -0.25) is 9.69 Å². The van der Waals surface area contributed by atoms with Crippen LogP contribution in [0, 0.1) is 11.7 Å². The van der Waals surface area contributed by atoms with Crippen LogP contribution in [-0.2, 0) is 11.2 Å². The van der Waals surface area contributed by atoms with Gasteiger partial charge in [-0.05, 0) is 43.0 Å². The molecule has 2 aromatic rings. The molecule has 1 aliphatic heterocycles. The average Bonchev–Trinajstić information content (AvgIpc) is 3.17. The fourth-order valence-corrected chi connectivity index (χ4v) is 2.69. The van der Waals surface area contributed by atoms with Crippen molar-refractivity contribution in [1.29, 1.82) is 0 Å². The molecule has 0 N–H and O–H groups in total. The molecular formula is C15H13FN2O. The average molecular weight is 256 g/mol. The van der Waals surface area contributed by atoms with Crippen molar-refractivity contribution in [2.45, 2.75) is 19.3 Å². The third-order valence-corrected chi connectivity index (χ3v) is 3.89. The quantitative estimate of drug-likeness (QED) is 0.786. The van der Waals surface area contributed by atoms with Gasteiger partial charge < -0.3 is 0 Å². The smallest absolute Gasteiger partial charge is 0.231 e. The second-order valence-corrected chi connectivity index (χ2v) is 5.32. The Hall–Kier alpha value is -1.97. The molecule has 0 spiro atoms. The van der Waals surface area contributed by atoms with Crippen molar-refractivity contribution in [3.8, 4) is 0 Å². The van der Waals surface area contributed by atoms with Gasteiger partial charge in [0.2, 0.25) is 5.91 Å². The first-order valence-corrected chi connectivity index (χ1v) is 6.63. The summed E-state index contributed by atoms with van der Waals surface area (Å²) < 4.78 is 13.3. The predicted molar refractivity (Wildman–Crippen MR) is 70.5 cm³/mol. The van der Waals surface area contributed by atoms with E-state index in [2.05, 4.69) is 4.98 Å². The Labute approximate surface area is 110 Å². The number of pyridine rings is 1. The Morgan fingerprint density at radius 1 is 1.32 bits per heavy atom. The van der Waals surface area contributed by atoms with Crippen molar-refractivity contribution in [2.75, 3.05) is 11.4 Å². The summed E-state index contributed by atoms with van der Waals surface area (Å²) in [5.41, 5.74) is 1.71. The van der Waals surface area contributed by atoms with E-state index in [4.69, 9.17) is 0 Å². The molecule has 1 aliphatic carbocycles. The van der Waals surface area contributed by atoms with Gasteiger partial charge in [-0.15, -0.1) is 0 Å². The lowest BCUT2D eigenvalue weighted by Crippen LogP contribution is -2.30. The lowest BCUT2D eigenvalue weighted by Gasteiger charge is -2.16. The van der Waals surface area contributed by atoms with Gasteiger partial charge in [0.15, 0.2) is 0 Å². The molecule has 0 saturated heterocycles. The second kappa shape index (κ2) is 3.76. The van der Waals surface area contributed by atoms with Gasteiger partial charge >= 0.3 is 0 Å². The largest absolute Gasteiger partial charge is 0.296 e. The van der Waals surface area contributed by atoms with E-state index in [0.717, 1.165) is 36.0 Å². The number of halogens is 1. The van der Waals surface area contributed by atoms with Gasteiger partial charge in [0, 0.05) is 23.9 Å². The molecule has 1 aromatic carbocycles. The Kier molecular flexibility index (Phi) is 2.16. The fourth-order valence-electron chi connectivity index (χ4n) is 2.69. The number of hydrogen-bond donors (Lipinski definition) is 0. The van der Waals surface area contributed by atoms with E-state index in [9.17, 15) is 9.18 Å². The topological polar surface area (TPSA) is 33.2 Å². The molecular weight excluding hydrogens is 243 g/mol. The molecule has 96 valence electrons. The number of nitrogens with zero attached hydrogens (tertiary/aromatic N) is 2. The van der Waals surface area contributed by atoms with Crippen molar-refractivity contribution >= 4 is 22.6 Å². The van der Waals surface area contributed by atoms with Crippen LogP contribution in [0.15, 0.2) is 24.3 Å². The predicted octanol–water partition coefficient (Wildman–Crippen LogP) is 2.67. The zero-order valence-electron chi connectivity index (χ0n) is 10.4. The van der Waals surface area contributed by atoms with Gasteiger partial charge in [0.25, 0.3) is 0 Å². The van der Waals surface area contributed by atoms with Crippen molar-refractivity contribution in [3.63, 3.8) is 0 Å². The molecule has 1 amide bonds. The van der Waals surface area contributed by atoms with Crippen LogP contribution in [0.1, 0.15) is 18.4 Å². The maximum absolute atomic E-state index is 13.3. The Bertz CT molecular complexity index is 694. The highest BCUT2D eigenvalue weighted by Gasteiger charge is 2.37. The molecule has 3 nitrogen and oxygen atoms in total. The van der Waals surface area contributed by atoms with E-state index in [0.29, 0.717) is 12.1 Å². The van der Waals surface area contributed by atoms with Crippen LogP contribution in [0.3, 0.4) is 0 Å². The number of aromatic nitrogens is 1. The molecule has 1 aromatic heterocycles.